The van der Waals surface area contributed by atoms with Crippen molar-refractivity contribution in [1.82, 2.24) is 4.98 Å². The van der Waals surface area contributed by atoms with Crippen LogP contribution in [-0.4, -0.2) is 16.1 Å². The standard InChI is InChI=1S/C8H5NO2S.ClH/c10-8(11)6-4-12-7-3-9-2-1-5(6)7;/h1-4H,(H,10,11);1H. The fourth-order valence-electron chi connectivity index (χ4n) is 1.05. The van der Waals surface area contributed by atoms with E-state index in [9.17, 15) is 4.79 Å². The van der Waals surface area contributed by atoms with E-state index in [-0.39, 0.29) is 12.4 Å². The Balaban J connectivity index is 0.000000845. The summed E-state index contributed by atoms with van der Waals surface area (Å²) in [6, 6.07) is 1.72. The Morgan fingerprint density at radius 1 is 1.54 bits per heavy atom. The first-order chi connectivity index (χ1) is 5.79. The summed E-state index contributed by atoms with van der Waals surface area (Å²) in [6.45, 7) is 0. The number of aromatic nitrogens is 1. The minimum absolute atomic E-state index is 0. The van der Waals surface area contributed by atoms with E-state index in [1.807, 2.05) is 0 Å². The Morgan fingerprint density at radius 2 is 2.31 bits per heavy atom. The molecular weight excluding hydrogens is 210 g/mol. The van der Waals surface area contributed by atoms with Gasteiger partial charge in [-0.1, -0.05) is 0 Å². The Kier molecular flexibility index (Phi) is 2.85. The van der Waals surface area contributed by atoms with Gasteiger partial charge in [0.05, 0.1) is 10.3 Å². The molecule has 1 N–H and O–H groups in total. The van der Waals surface area contributed by atoms with Crippen LogP contribution in [0.1, 0.15) is 10.4 Å². The Morgan fingerprint density at radius 3 is 3.00 bits per heavy atom. The molecule has 0 aromatic carbocycles. The third-order valence-corrected chi connectivity index (χ3v) is 2.54. The predicted octanol–water partition coefficient (Wildman–Crippen LogP) is 2.42. The van der Waals surface area contributed by atoms with Crippen molar-refractivity contribution in [1.29, 1.82) is 0 Å². The summed E-state index contributed by atoms with van der Waals surface area (Å²) in [7, 11) is 0. The van der Waals surface area contributed by atoms with Gasteiger partial charge in [-0.2, -0.15) is 0 Å². The SMILES string of the molecule is Cl.O=C(O)c1csc2cnccc12. The van der Waals surface area contributed by atoms with Crippen molar-refractivity contribution in [2.24, 2.45) is 0 Å². The predicted molar refractivity (Wildman–Crippen MR) is 53.8 cm³/mol. The first-order valence-electron chi connectivity index (χ1n) is 3.33. The summed E-state index contributed by atoms with van der Waals surface area (Å²) in [5.74, 6) is -0.882. The number of carboxylic acids is 1. The van der Waals surface area contributed by atoms with Crippen molar-refractivity contribution < 1.29 is 9.90 Å². The Bertz CT molecular complexity index is 440. The van der Waals surface area contributed by atoms with Gasteiger partial charge in [-0.3, -0.25) is 4.98 Å². The smallest absolute Gasteiger partial charge is 0.337 e. The highest BCUT2D eigenvalue weighted by atomic mass is 35.5. The normalized spacial score (nSPS) is 9.54. The van der Waals surface area contributed by atoms with Crippen molar-refractivity contribution in [2.75, 3.05) is 0 Å². The van der Waals surface area contributed by atoms with Gasteiger partial charge >= 0.3 is 5.97 Å². The first-order valence-corrected chi connectivity index (χ1v) is 4.21. The number of thiophene rings is 1. The number of hydrogen-bond donors (Lipinski definition) is 1. The largest absolute Gasteiger partial charge is 0.478 e. The fraction of sp³-hybridized carbons (Fsp3) is 0. The number of nitrogens with zero attached hydrogens (tertiary/aromatic N) is 1. The molecule has 2 rings (SSSR count). The number of carboxylic acid groups (broad SMARTS) is 1. The maximum Gasteiger partial charge on any atom is 0.337 e. The van der Waals surface area contributed by atoms with Crippen LogP contribution >= 0.6 is 23.7 Å². The second kappa shape index (κ2) is 3.72. The van der Waals surface area contributed by atoms with Gasteiger partial charge < -0.3 is 5.11 Å². The minimum Gasteiger partial charge on any atom is -0.478 e. The molecule has 0 amide bonds. The second-order valence-corrected chi connectivity index (χ2v) is 3.24. The Labute approximate surface area is 84.4 Å². The summed E-state index contributed by atoms with van der Waals surface area (Å²) in [6.07, 6.45) is 3.27. The van der Waals surface area contributed by atoms with Crippen LogP contribution in [0.4, 0.5) is 0 Å². The molecule has 0 unspecified atom stereocenters. The van der Waals surface area contributed by atoms with Crippen LogP contribution in [0.25, 0.3) is 10.1 Å². The third-order valence-electron chi connectivity index (χ3n) is 1.61. The number of carbonyl (C=O) groups is 1. The van der Waals surface area contributed by atoms with Gasteiger partial charge in [0, 0.05) is 23.2 Å². The molecule has 2 aromatic heterocycles. The lowest BCUT2D eigenvalue weighted by atomic mass is 10.2. The summed E-state index contributed by atoms with van der Waals surface area (Å²) in [4.78, 5) is 14.6. The van der Waals surface area contributed by atoms with Crippen molar-refractivity contribution in [3.63, 3.8) is 0 Å². The second-order valence-electron chi connectivity index (χ2n) is 2.33. The van der Waals surface area contributed by atoms with Gasteiger partial charge in [0.1, 0.15) is 0 Å². The zero-order valence-electron chi connectivity index (χ0n) is 6.43. The molecule has 0 aliphatic carbocycles. The molecule has 68 valence electrons. The zero-order chi connectivity index (χ0) is 8.55. The molecule has 0 saturated heterocycles. The molecule has 13 heavy (non-hydrogen) atoms. The van der Waals surface area contributed by atoms with Crippen LogP contribution in [0.3, 0.4) is 0 Å². The first kappa shape index (κ1) is 9.95. The number of rotatable bonds is 1. The summed E-state index contributed by atoms with van der Waals surface area (Å²) < 4.78 is 0.912. The number of fused-ring (bicyclic) bond motifs is 1. The minimum atomic E-state index is -0.882. The van der Waals surface area contributed by atoms with Crippen LogP contribution in [-0.2, 0) is 0 Å². The van der Waals surface area contributed by atoms with E-state index in [0.717, 1.165) is 10.1 Å². The molecule has 5 heteroatoms. The van der Waals surface area contributed by atoms with E-state index in [1.54, 1.807) is 23.8 Å². The van der Waals surface area contributed by atoms with Crippen molar-refractivity contribution in [3.05, 3.63) is 29.4 Å². The topological polar surface area (TPSA) is 50.2 Å². The molecule has 0 spiro atoms. The monoisotopic (exact) mass is 215 g/mol. The van der Waals surface area contributed by atoms with Crippen LogP contribution in [0.5, 0.6) is 0 Å². The van der Waals surface area contributed by atoms with Gasteiger partial charge in [0.15, 0.2) is 0 Å². The van der Waals surface area contributed by atoms with E-state index in [0.29, 0.717) is 5.56 Å². The van der Waals surface area contributed by atoms with E-state index in [4.69, 9.17) is 5.11 Å². The average molecular weight is 216 g/mol. The van der Waals surface area contributed by atoms with Gasteiger partial charge in [-0.25, -0.2) is 4.79 Å². The lowest BCUT2D eigenvalue weighted by Crippen LogP contribution is -1.93. The molecule has 2 aromatic rings. The van der Waals surface area contributed by atoms with Gasteiger partial charge in [0.2, 0.25) is 0 Å². The van der Waals surface area contributed by atoms with Crippen molar-refractivity contribution in [3.8, 4) is 0 Å². The zero-order valence-corrected chi connectivity index (χ0v) is 8.06. The van der Waals surface area contributed by atoms with Gasteiger partial charge in [-0.15, -0.1) is 23.7 Å². The molecule has 0 bridgehead atoms. The molecule has 0 aliphatic rings. The molecule has 0 radical (unpaired) electrons. The lowest BCUT2D eigenvalue weighted by Gasteiger charge is -1.89. The molecule has 2 heterocycles. The lowest BCUT2D eigenvalue weighted by molar-refractivity contribution is 0.0699. The fourth-order valence-corrected chi connectivity index (χ4v) is 1.95. The Hall–Kier alpha value is -1.13. The number of hydrogen-bond acceptors (Lipinski definition) is 3. The summed E-state index contributed by atoms with van der Waals surface area (Å²) in [5, 5.41) is 11.2. The maximum atomic E-state index is 10.7. The molecule has 3 nitrogen and oxygen atoms in total. The van der Waals surface area contributed by atoms with Crippen molar-refractivity contribution in [2.45, 2.75) is 0 Å². The number of aromatic carboxylic acids is 1. The van der Waals surface area contributed by atoms with Crippen LogP contribution < -0.4 is 0 Å². The van der Waals surface area contributed by atoms with Crippen LogP contribution in [0, 0.1) is 0 Å². The molecular formula is C8H6ClNO2S. The molecule has 0 atom stereocenters. The number of halogens is 1. The third kappa shape index (κ3) is 1.64. The van der Waals surface area contributed by atoms with E-state index >= 15 is 0 Å². The molecule has 0 fully saturated rings. The van der Waals surface area contributed by atoms with Crippen LogP contribution in [0.15, 0.2) is 23.8 Å². The van der Waals surface area contributed by atoms with Crippen LogP contribution in [0.2, 0.25) is 0 Å². The highest BCUT2D eigenvalue weighted by Crippen LogP contribution is 2.24. The number of pyridine rings is 1. The highest BCUT2D eigenvalue weighted by Gasteiger charge is 2.09. The van der Waals surface area contributed by atoms with Crippen molar-refractivity contribution >= 4 is 39.8 Å². The quantitative estimate of drug-likeness (QED) is 0.795. The highest BCUT2D eigenvalue weighted by molar-refractivity contribution is 7.17. The van der Waals surface area contributed by atoms with E-state index < -0.39 is 5.97 Å². The van der Waals surface area contributed by atoms with E-state index in [2.05, 4.69) is 4.98 Å². The van der Waals surface area contributed by atoms with Gasteiger partial charge in [-0.05, 0) is 6.07 Å². The average Bonchev–Trinajstić information content (AvgIpc) is 2.47. The summed E-state index contributed by atoms with van der Waals surface area (Å²) in [5.41, 5.74) is 0.359. The maximum absolute atomic E-state index is 10.7. The van der Waals surface area contributed by atoms with Gasteiger partial charge in [0.25, 0.3) is 0 Å². The van der Waals surface area contributed by atoms with E-state index in [1.165, 1.54) is 11.3 Å². The molecule has 0 saturated carbocycles. The summed E-state index contributed by atoms with van der Waals surface area (Å²) >= 11 is 1.40. The molecule has 0 aliphatic heterocycles.